The van der Waals surface area contributed by atoms with E-state index >= 15 is 0 Å². The van der Waals surface area contributed by atoms with Crippen molar-refractivity contribution in [2.24, 2.45) is 0 Å². The highest BCUT2D eigenvalue weighted by molar-refractivity contribution is 5.96. The lowest BCUT2D eigenvalue weighted by Crippen LogP contribution is -2.56. The smallest absolute Gasteiger partial charge is 0.310 e. The molecule has 28 heavy (non-hydrogen) atoms. The van der Waals surface area contributed by atoms with Gasteiger partial charge in [0.25, 0.3) is 0 Å². The molecule has 4 rings (SSSR count). The molecule has 2 aliphatic rings. The van der Waals surface area contributed by atoms with Gasteiger partial charge in [-0.3, -0.25) is 4.90 Å². The highest BCUT2D eigenvalue weighted by Gasteiger charge is 2.42. The van der Waals surface area contributed by atoms with Crippen LogP contribution in [0.4, 0.5) is 10.5 Å². The number of amides is 2. The Bertz CT molecular complexity index is 799. The summed E-state index contributed by atoms with van der Waals surface area (Å²) in [6.45, 7) is 5.07. The first-order valence-electron chi connectivity index (χ1n) is 10.6. The second kappa shape index (κ2) is 8.36. The van der Waals surface area contributed by atoms with Crippen molar-refractivity contribution < 1.29 is 4.79 Å². The van der Waals surface area contributed by atoms with Crippen molar-refractivity contribution in [3.63, 3.8) is 0 Å². The zero-order valence-corrected chi connectivity index (χ0v) is 17.1. The third-order valence-corrected chi connectivity index (χ3v) is 6.18. The molecule has 4 nitrogen and oxygen atoms in total. The van der Waals surface area contributed by atoms with Gasteiger partial charge in [0, 0.05) is 18.2 Å². The highest BCUT2D eigenvalue weighted by Crippen LogP contribution is 2.43. The van der Waals surface area contributed by atoms with E-state index in [0.717, 1.165) is 51.0 Å². The van der Waals surface area contributed by atoms with Gasteiger partial charge in [0.05, 0.1) is 11.7 Å². The molecule has 1 unspecified atom stereocenters. The van der Waals surface area contributed by atoms with E-state index in [0.29, 0.717) is 0 Å². The van der Waals surface area contributed by atoms with Crippen molar-refractivity contribution in [2.75, 3.05) is 31.6 Å². The van der Waals surface area contributed by atoms with Crippen LogP contribution in [0.15, 0.2) is 54.6 Å². The topological polar surface area (TPSA) is 26.8 Å². The second-order valence-electron chi connectivity index (χ2n) is 8.10. The van der Waals surface area contributed by atoms with Crippen LogP contribution >= 0.6 is 0 Å². The summed E-state index contributed by atoms with van der Waals surface area (Å²) in [6, 6.07) is 19.5. The van der Waals surface area contributed by atoms with Gasteiger partial charge in [-0.05, 0) is 51.0 Å². The molecule has 1 saturated heterocycles. The zero-order chi connectivity index (χ0) is 19.5. The molecular weight excluding hydrogens is 346 g/mol. The number of carbonyl (C=O) groups is 1. The number of benzene rings is 2. The zero-order valence-electron chi connectivity index (χ0n) is 17.1. The van der Waals surface area contributed by atoms with E-state index in [1.165, 1.54) is 11.1 Å². The van der Waals surface area contributed by atoms with E-state index in [1.807, 2.05) is 11.0 Å². The maximum absolute atomic E-state index is 13.8. The predicted molar refractivity (Wildman–Crippen MR) is 115 cm³/mol. The molecule has 0 bridgehead atoms. The molecular formula is C24H31N3O. The molecule has 0 radical (unpaired) electrons. The number of urea groups is 1. The van der Waals surface area contributed by atoms with Crippen LogP contribution in [0.5, 0.6) is 0 Å². The summed E-state index contributed by atoms with van der Waals surface area (Å²) >= 11 is 0. The molecule has 2 aliphatic heterocycles. The number of piperidine rings is 1. The van der Waals surface area contributed by atoms with Gasteiger partial charge in [0.15, 0.2) is 0 Å². The van der Waals surface area contributed by atoms with Crippen LogP contribution in [0.1, 0.15) is 49.8 Å². The number of para-hydroxylation sites is 1. The fourth-order valence-electron chi connectivity index (χ4n) is 4.62. The lowest BCUT2D eigenvalue weighted by atomic mass is 9.90. The lowest BCUT2D eigenvalue weighted by molar-refractivity contribution is 0.114. The minimum Gasteiger partial charge on any atom is -0.310 e. The van der Waals surface area contributed by atoms with Gasteiger partial charge >= 0.3 is 6.03 Å². The third-order valence-electron chi connectivity index (χ3n) is 6.18. The van der Waals surface area contributed by atoms with Gasteiger partial charge in [-0.25, -0.2) is 4.79 Å². The fourth-order valence-corrected chi connectivity index (χ4v) is 4.62. The first kappa shape index (κ1) is 19.0. The number of hydrogen-bond donors (Lipinski definition) is 0. The van der Waals surface area contributed by atoms with Crippen LogP contribution in [0.2, 0.25) is 0 Å². The van der Waals surface area contributed by atoms with Gasteiger partial charge in [-0.15, -0.1) is 0 Å². The molecule has 0 N–H and O–H groups in total. The van der Waals surface area contributed by atoms with E-state index in [4.69, 9.17) is 0 Å². The molecule has 4 heteroatoms. The van der Waals surface area contributed by atoms with Gasteiger partial charge in [-0.2, -0.15) is 0 Å². The van der Waals surface area contributed by atoms with Crippen LogP contribution in [-0.2, 0) is 0 Å². The standard InChI is InChI=1S/C24H31N3O/c1-3-4-16-26-22-13-9-8-12-21(22)23(19-10-6-5-7-11-19)27(24(26)28)20-14-17-25(2)18-15-20/h5-13,20,23H,3-4,14-18H2,1-2H3. The molecule has 1 fully saturated rings. The Balaban J connectivity index is 1.80. The van der Waals surface area contributed by atoms with Gasteiger partial charge in [0.1, 0.15) is 0 Å². The van der Waals surface area contributed by atoms with E-state index < -0.39 is 0 Å². The van der Waals surface area contributed by atoms with Crippen molar-refractivity contribution in [3.05, 3.63) is 65.7 Å². The molecule has 2 amide bonds. The Hall–Kier alpha value is -2.33. The molecule has 2 aromatic carbocycles. The summed E-state index contributed by atoms with van der Waals surface area (Å²) in [6.07, 6.45) is 4.18. The van der Waals surface area contributed by atoms with Gasteiger partial charge in [-0.1, -0.05) is 61.9 Å². The van der Waals surface area contributed by atoms with Crippen LogP contribution in [0, 0.1) is 0 Å². The van der Waals surface area contributed by atoms with Crippen molar-refractivity contribution in [1.29, 1.82) is 0 Å². The third kappa shape index (κ3) is 3.53. The Labute approximate surface area is 168 Å². The number of nitrogens with zero attached hydrogens (tertiary/aromatic N) is 3. The first-order valence-corrected chi connectivity index (χ1v) is 10.6. The molecule has 2 heterocycles. The van der Waals surface area contributed by atoms with Crippen LogP contribution in [-0.4, -0.2) is 48.6 Å². The largest absolute Gasteiger partial charge is 0.325 e. The number of unbranched alkanes of at least 4 members (excludes halogenated alkanes) is 1. The average Bonchev–Trinajstić information content (AvgIpc) is 2.74. The van der Waals surface area contributed by atoms with Gasteiger partial charge < -0.3 is 9.80 Å². The van der Waals surface area contributed by atoms with Crippen LogP contribution in [0.25, 0.3) is 0 Å². The van der Waals surface area contributed by atoms with Crippen molar-refractivity contribution in [3.8, 4) is 0 Å². The second-order valence-corrected chi connectivity index (χ2v) is 8.10. The summed E-state index contributed by atoms with van der Waals surface area (Å²) < 4.78 is 0. The van der Waals surface area contributed by atoms with E-state index in [1.54, 1.807) is 0 Å². The maximum Gasteiger partial charge on any atom is 0.325 e. The van der Waals surface area contributed by atoms with E-state index in [9.17, 15) is 4.79 Å². The Morgan fingerprint density at radius 3 is 2.36 bits per heavy atom. The Morgan fingerprint density at radius 2 is 1.64 bits per heavy atom. The molecule has 148 valence electrons. The number of likely N-dealkylation sites (tertiary alicyclic amines) is 1. The minimum absolute atomic E-state index is 0.00353. The maximum atomic E-state index is 13.8. The van der Waals surface area contributed by atoms with E-state index in [2.05, 4.69) is 72.3 Å². The number of hydrogen-bond acceptors (Lipinski definition) is 2. The summed E-state index contributed by atoms with van der Waals surface area (Å²) in [5.41, 5.74) is 3.54. The summed E-state index contributed by atoms with van der Waals surface area (Å²) in [7, 11) is 2.17. The number of carbonyl (C=O) groups excluding carboxylic acids is 1. The predicted octanol–water partition coefficient (Wildman–Crippen LogP) is 4.91. The lowest BCUT2D eigenvalue weighted by Gasteiger charge is -2.48. The number of rotatable bonds is 5. The molecule has 0 aliphatic carbocycles. The molecule has 0 saturated carbocycles. The van der Waals surface area contributed by atoms with Crippen LogP contribution in [0.3, 0.4) is 0 Å². The summed E-state index contributed by atoms with van der Waals surface area (Å²) in [4.78, 5) is 20.4. The molecule has 0 spiro atoms. The average molecular weight is 378 g/mol. The Morgan fingerprint density at radius 1 is 0.964 bits per heavy atom. The first-order chi connectivity index (χ1) is 13.7. The van der Waals surface area contributed by atoms with Crippen molar-refractivity contribution >= 4 is 11.7 Å². The van der Waals surface area contributed by atoms with Crippen molar-refractivity contribution in [2.45, 2.75) is 44.7 Å². The summed E-state index contributed by atoms with van der Waals surface area (Å²) in [5, 5.41) is 0. The SMILES string of the molecule is CCCCN1C(=O)N(C2CCN(C)CC2)C(c2ccccc2)c2ccccc21. The molecule has 2 aromatic rings. The highest BCUT2D eigenvalue weighted by atomic mass is 16.2. The Kier molecular flexibility index (Phi) is 5.67. The fraction of sp³-hybridized carbons (Fsp3) is 0.458. The minimum atomic E-state index is -0.00353. The summed E-state index contributed by atoms with van der Waals surface area (Å²) in [5.74, 6) is 0. The molecule has 1 atom stereocenters. The molecule has 0 aromatic heterocycles. The normalized spacial score (nSPS) is 21.1. The number of anilines is 1. The van der Waals surface area contributed by atoms with Crippen molar-refractivity contribution in [1.82, 2.24) is 9.80 Å². The number of fused-ring (bicyclic) bond motifs is 1. The van der Waals surface area contributed by atoms with Gasteiger partial charge in [0.2, 0.25) is 0 Å². The monoisotopic (exact) mass is 377 g/mol. The van der Waals surface area contributed by atoms with E-state index in [-0.39, 0.29) is 18.1 Å². The quantitative estimate of drug-likeness (QED) is 0.740. The van der Waals surface area contributed by atoms with Crippen LogP contribution < -0.4 is 4.90 Å².